The molecule has 0 aromatic heterocycles. The minimum atomic E-state index is -0.436. The molecule has 2 aromatic rings. The summed E-state index contributed by atoms with van der Waals surface area (Å²) < 4.78 is 0. The molecule has 1 saturated carbocycles. The first-order valence-corrected chi connectivity index (χ1v) is 11.4. The van der Waals surface area contributed by atoms with Gasteiger partial charge < -0.3 is 10.4 Å². The maximum atomic E-state index is 12.7. The van der Waals surface area contributed by atoms with Crippen molar-refractivity contribution in [2.45, 2.75) is 62.0 Å². The van der Waals surface area contributed by atoms with Crippen LogP contribution in [0.5, 0.6) is 0 Å². The highest BCUT2D eigenvalue weighted by Crippen LogP contribution is 2.29. The largest absolute Gasteiger partial charge is 0.392 e. The van der Waals surface area contributed by atoms with Crippen LogP contribution in [-0.2, 0) is 0 Å². The van der Waals surface area contributed by atoms with E-state index in [9.17, 15) is 9.90 Å². The lowest BCUT2D eigenvalue weighted by Crippen LogP contribution is -2.43. The number of nitrogens with one attached hydrogen (secondary N) is 1. The molecule has 1 aliphatic carbocycles. The molecule has 1 aliphatic rings. The van der Waals surface area contributed by atoms with Gasteiger partial charge in [-0.05, 0) is 49.4 Å². The van der Waals surface area contributed by atoms with Crippen molar-refractivity contribution in [1.82, 2.24) is 5.32 Å². The number of amides is 1. The minimum absolute atomic E-state index is 0.0252. The van der Waals surface area contributed by atoms with Crippen LogP contribution in [0.1, 0.15) is 55.3 Å². The van der Waals surface area contributed by atoms with Gasteiger partial charge in [0.2, 0.25) is 0 Å². The van der Waals surface area contributed by atoms with Crippen LogP contribution in [-0.4, -0.2) is 28.9 Å². The van der Waals surface area contributed by atoms with Crippen LogP contribution in [0, 0.1) is 5.92 Å². The van der Waals surface area contributed by atoms with E-state index in [-0.39, 0.29) is 11.9 Å². The average molecular weight is 398 g/mol. The summed E-state index contributed by atoms with van der Waals surface area (Å²) in [7, 11) is 0. The Labute approximate surface area is 172 Å². The number of hydrogen-bond donors (Lipinski definition) is 2. The summed E-state index contributed by atoms with van der Waals surface area (Å²) >= 11 is 1.67. The summed E-state index contributed by atoms with van der Waals surface area (Å²) in [6.07, 6.45) is 7.45. The molecule has 2 aromatic carbocycles. The molecule has 1 fully saturated rings. The van der Waals surface area contributed by atoms with Gasteiger partial charge in [-0.15, -0.1) is 11.8 Å². The summed E-state index contributed by atoms with van der Waals surface area (Å²) in [5, 5.41) is 13.9. The molecule has 2 unspecified atom stereocenters. The molecule has 1 amide bonds. The van der Waals surface area contributed by atoms with Gasteiger partial charge >= 0.3 is 0 Å². The smallest absolute Gasteiger partial charge is 0.251 e. The van der Waals surface area contributed by atoms with E-state index >= 15 is 0 Å². The lowest BCUT2D eigenvalue weighted by molar-refractivity contribution is 0.0884. The van der Waals surface area contributed by atoms with Crippen molar-refractivity contribution in [2.75, 3.05) is 5.75 Å². The zero-order chi connectivity index (χ0) is 19.6. The molecule has 28 heavy (non-hydrogen) atoms. The fourth-order valence-electron chi connectivity index (χ4n) is 3.99. The number of aliphatic hydroxyl groups is 1. The van der Waals surface area contributed by atoms with Crippen LogP contribution in [0.3, 0.4) is 0 Å². The molecular formula is C24H31NO2S. The fraction of sp³-hybridized carbons (Fsp3) is 0.458. The van der Waals surface area contributed by atoms with Crippen LogP contribution < -0.4 is 5.32 Å². The van der Waals surface area contributed by atoms with Crippen LogP contribution in [0.4, 0.5) is 0 Å². The average Bonchev–Trinajstić information content (AvgIpc) is 3.03. The van der Waals surface area contributed by atoms with E-state index in [1.165, 1.54) is 30.6 Å². The summed E-state index contributed by atoms with van der Waals surface area (Å²) in [5.74, 6) is 1.07. The van der Waals surface area contributed by atoms with E-state index in [0.717, 1.165) is 12.8 Å². The van der Waals surface area contributed by atoms with Gasteiger partial charge in [-0.25, -0.2) is 0 Å². The Bertz CT molecular complexity index is 699. The number of rotatable bonds is 8. The zero-order valence-electron chi connectivity index (χ0n) is 16.4. The molecule has 0 heterocycles. The molecule has 150 valence electrons. The molecule has 4 heteroatoms. The highest BCUT2D eigenvalue weighted by molar-refractivity contribution is 7.99. The van der Waals surface area contributed by atoms with E-state index in [0.29, 0.717) is 23.7 Å². The van der Waals surface area contributed by atoms with Crippen LogP contribution in [0.25, 0.3) is 0 Å². The van der Waals surface area contributed by atoms with Gasteiger partial charge in [0, 0.05) is 22.3 Å². The second kappa shape index (κ2) is 11.3. The predicted octanol–water partition coefficient (Wildman–Crippen LogP) is 5.30. The third kappa shape index (κ3) is 6.68. The van der Waals surface area contributed by atoms with Crippen LogP contribution >= 0.6 is 11.8 Å². The number of benzene rings is 2. The Balaban J connectivity index is 1.62. The van der Waals surface area contributed by atoms with Gasteiger partial charge in [0.05, 0.1) is 6.10 Å². The Morgan fingerprint density at radius 2 is 1.57 bits per heavy atom. The highest BCUT2D eigenvalue weighted by Gasteiger charge is 2.27. The lowest BCUT2D eigenvalue weighted by atomic mass is 9.88. The van der Waals surface area contributed by atoms with Crippen molar-refractivity contribution in [1.29, 1.82) is 0 Å². The van der Waals surface area contributed by atoms with Crippen LogP contribution in [0.15, 0.2) is 65.6 Å². The number of carbonyl (C=O) groups is 1. The molecular weight excluding hydrogens is 366 g/mol. The number of thioether (sulfide) groups is 1. The topological polar surface area (TPSA) is 49.3 Å². The van der Waals surface area contributed by atoms with Gasteiger partial charge in [0.15, 0.2) is 0 Å². The first-order chi connectivity index (χ1) is 13.7. The summed E-state index contributed by atoms with van der Waals surface area (Å²) in [6.45, 7) is 0. The first kappa shape index (κ1) is 20.9. The minimum Gasteiger partial charge on any atom is -0.392 e. The van der Waals surface area contributed by atoms with Crippen molar-refractivity contribution in [3.8, 4) is 0 Å². The number of hydrogen-bond acceptors (Lipinski definition) is 3. The van der Waals surface area contributed by atoms with Gasteiger partial charge in [-0.3, -0.25) is 4.79 Å². The van der Waals surface area contributed by atoms with Crippen molar-refractivity contribution in [2.24, 2.45) is 5.92 Å². The Hall–Kier alpha value is -1.78. The predicted molar refractivity (Wildman–Crippen MR) is 117 cm³/mol. The van der Waals surface area contributed by atoms with Crippen molar-refractivity contribution in [3.05, 3.63) is 66.2 Å². The van der Waals surface area contributed by atoms with Crippen LogP contribution in [0.2, 0.25) is 0 Å². The maximum Gasteiger partial charge on any atom is 0.251 e. The molecule has 0 spiro atoms. The maximum absolute atomic E-state index is 12.7. The Morgan fingerprint density at radius 1 is 0.964 bits per heavy atom. The molecule has 2 N–H and O–H groups in total. The summed E-state index contributed by atoms with van der Waals surface area (Å²) in [5.41, 5.74) is 0.689. The van der Waals surface area contributed by atoms with Gasteiger partial charge in [-0.2, -0.15) is 0 Å². The molecule has 3 nitrogen and oxygen atoms in total. The van der Waals surface area contributed by atoms with E-state index in [1.54, 1.807) is 11.8 Å². The van der Waals surface area contributed by atoms with E-state index in [4.69, 9.17) is 0 Å². The second-order valence-electron chi connectivity index (χ2n) is 7.71. The highest BCUT2D eigenvalue weighted by atomic mass is 32.2. The molecule has 2 atom stereocenters. The monoisotopic (exact) mass is 397 g/mol. The molecule has 0 bridgehead atoms. The van der Waals surface area contributed by atoms with Crippen molar-refractivity contribution in [3.63, 3.8) is 0 Å². The Kier molecular flexibility index (Phi) is 8.43. The number of aliphatic hydroxyl groups excluding tert-OH is 1. The van der Waals surface area contributed by atoms with Crippen molar-refractivity contribution < 1.29 is 9.90 Å². The summed E-state index contributed by atoms with van der Waals surface area (Å²) in [4.78, 5) is 13.9. The normalized spacial score (nSPS) is 17.5. The SMILES string of the molecule is O=C(NC(CC(O)CSc1ccccc1)C1CCCCCC1)c1ccccc1. The first-order valence-electron chi connectivity index (χ1n) is 10.4. The molecule has 3 rings (SSSR count). The molecule has 0 aliphatic heterocycles. The third-order valence-electron chi connectivity index (χ3n) is 5.53. The molecule has 0 radical (unpaired) electrons. The van der Waals surface area contributed by atoms with E-state index < -0.39 is 6.10 Å². The third-order valence-corrected chi connectivity index (χ3v) is 6.69. The fourth-order valence-corrected chi connectivity index (χ4v) is 4.86. The van der Waals surface area contributed by atoms with E-state index in [2.05, 4.69) is 17.4 Å². The van der Waals surface area contributed by atoms with Gasteiger partial charge in [0.25, 0.3) is 5.91 Å². The van der Waals surface area contributed by atoms with Gasteiger partial charge in [0.1, 0.15) is 0 Å². The summed E-state index contributed by atoms with van der Waals surface area (Å²) in [6, 6.07) is 19.6. The standard InChI is InChI=1S/C24H31NO2S/c26-21(18-28-22-15-9-4-10-16-22)17-23(19-11-5-1-2-6-12-19)25-24(27)20-13-7-3-8-14-20/h3-4,7-10,13-16,19,21,23,26H,1-2,5-6,11-12,17-18H2,(H,25,27). The zero-order valence-corrected chi connectivity index (χ0v) is 17.2. The Morgan fingerprint density at radius 3 is 2.21 bits per heavy atom. The second-order valence-corrected chi connectivity index (χ2v) is 8.80. The number of carbonyl (C=O) groups excluding carboxylic acids is 1. The quantitative estimate of drug-likeness (QED) is 0.469. The van der Waals surface area contributed by atoms with Gasteiger partial charge in [-0.1, -0.05) is 62.1 Å². The van der Waals surface area contributed by atoms with Crippen molar-refractivity contribution >= 4 is 17.7 Å². The molecule has 0 saturated heterocycles. The lowest BCUT2D eigenvalue weighted by Gasteiger charge is -2.29. The van der Waals surface area contributed by atoms with E-state index in [1.807, 2.05) is 48.5 Å².